The SMILES string of the molecule is O=Cc1cc(Br)ccc1Oc1ccc(CCO)cc1. The van der Waals surface area contributed by atoms with Crippen LogP contribution in [0, 0.1) is 0 Å². The van der Waals surface area contributed by atoms with E-state index in [1.54, 1.807) is 12.1 Å². The van der Waals surface area contributed by atoms with Crippen molar-refractivity contribution in [2.45, 2.75) is 6.42 Å². The Hall–Kier alpha value is -1.65. The first-order valence-corrected chi connectivity index (χ1v) is 6.64. The molecule has 0 saturated carbocycles. The summed E-state index contributed by atoms with van der Waals surface area (Å²) in [5.41, 5.74) is 1.54. The van der Waals surface area contributed by atoms with Crippen molar-refractivity contribution in [1.29, 1.82) is 0 Å². The molecule has 0 spiro atoms. The van der Waals surface area contributed by atoms with Gasteiger partial charge in [-0.25, -0.2) is 0 Å². The van der Waals surface area contributed by atoms with Crippen molar-refractivity contribution in [3.05, 3.63) is 58.1 Å². The minimum atomic E-state index is 0.127. The second-order valence-electron chi connectivity index (χ2n) is 4.02. The van der Waals surface area contributed by atoms with Gasteiger partial charge in [0.15, 0.2) is 6.29 Å². The van der Waals surface area contributed by atoms with E-state index in [1.807, 2.05) is 30.3 Å². The second kappa shape index (κ2) is 6.50. The minimum Gasteiger partial charge on any atom is -0.457 e. The lowest BCUT2D eigenvalue weighted by Gasteiger charge is -2.09. The van der Waals surface area contributed by atoms with Crippen LogP contribution in [-0.2, 0) is 6.42 Å². The Labute approximate surface area is 120 Å². The molecule has 0 unspecified atom stereocenters. The highest BCUT2D eigenvalue weighted by molar-refractivity contribution is 9.10. The fraction of sp³-hybridized carbons (Fsp3) is 0.133. The minimum absolute atomic E-state index is 0.127. The number of hydrogen-bond acceptors (Lipinski definition) is 3. The lowest BCUT2D eigenvalue weighted by molar-refractivity contribution is 0.112. The largest absolute Gasteiger partial charge is 0.457 e. The van der Waals surface area contributed by atoms with Crippen molar-refractivity contribution >= 4 is 22.2 Å². The van der Waals surface area contributed by atoms with Crippen molar-refractivity contribution in [3.63, 3.8) is 0 Å². The fourth-order valence-corrected chi connectivity index (χ4v) is 2.06. The molecule has 0 atom stereocenters. The molecule has 0 aliphatic rings. The molecule has 0 bridgehead atoms. The van der Waals surface area contributed by atoms with Gasteiger partial charge in [0.1, 0.15) is 11.5 Å². The van der Waals surface area contributed by atoms with Crippen LogP contribution >= 0.6 is 15.9 Å². The Bertz CT molecular complexity index is 564. The van der Waals surface area contributed by atoms with Gasteiger partial charge in [-0.3, -0.25) is 4.79 Å². The van der Waals surface area contributed by atoms with Crippen molar-refractivity contribution in [2.75, 3.05) is 6.61 Å². The van der Waals surface area contributed by atoms with Gasteiger partial charge >= 0.3 is 0 Å². The van der Waals surface area contributed by atoms with Crippen molar-refractivity contribution in [3.8, 4) is 11.5 Å². The van der Waals surface area contributed by atoms with Crippen LogP contribution in [0.15, 0.2) is 46.9 Å². The van der Waals surface area contributed by atoms with Gasteiger partial charge in [0.2, 0.25) is 0 Å². The highest BCUT2D eigenvalue weighted by Crippen LogP contribution is 2.27. The zero-order valence-corrected chi connectivity index (χ0v) is 11.8. The highest BCUT2D eigenvalue weighted by Gasteiger charge is 2.05. The Morgan fingerprint density at radius 3 is 2.53 bits per heavy atom. The topological polar surface area (TPSA) is 46.5 Å². The zero-order valence-electron chi connectivity index (χ0n) is 10.2. The number of hydrogen-bond donors (Lipinski definition) is 1. The Balaban J connectivity index is 2.18. The number of benzene rings is 2. The summed E-state index contributed by atoms with van der Waals surface area (Å²) >= 11 is 3.31. The van der Waals surface area contributed by atoms with Gasteiger partial charge in [-0.2, -0.15) is 0 Å². The molecule has 0 amide bonds. The van der Waals surface area contributed by atoms with E-state index in [4.69, 9.17) is 9.84 Å². The summed E-state index contributed by atoms with van der Waals surface area (Å²) in [5.74, 6) is 1.18. The second-order valence-corrected chi connectivity index (χ2v) is 4.94. The first-order chi connectivity index (χ1) is 9.22. The number of aldehydes is 1. The Morgan fingerprint density at radius 1 is 1.16 bits per heavy atom. The third-order valence-electron chi connectivity index (χ3n) is 2.65. The monoisotopic (exact) mass is 320 g/mol. The maximum Gasteiger partial charge on any atom is 0.153 e. The number of ether oxygens (including phenoxy) is 1. The molecule has 0 heterocycles. The number of halogens is 1. The van der Waals surface area contributed by atoms with Crippen LogP contribution in [-0.4, -0.2) is 18.0 Å². The quantitative estimate of drug-likeness (QED) is 0.856. The van der Waals surface area contributed by atoms with Gasteiger partial charge in [-0.15, -0.1) is 0 Å². The molecule has 0 aromatic heterocycles. The van der Waals surface area contributed by atoms with Crippen LogP contribution in [0.3, 0.4) is 0 Å². The van der Waals surface area contributed by atoms with Gasteiger partial charge in [0.05, 0.1) is 5.56 Å². The van der Waals surface area contributed by atoms with E-state index in [1.165, 1.54) is 0 Å². The molecule has 2 aromatic carbocycles. The molecule has 0 aliphatic heterocycles. The lowest BCUT2D eigenvalue weighted by Crippen LogP contribution is -1.92. The number of aliphatic hydroxyl groups is 1. The molecular formula is C15H13BrO3. The van der Waals surface area contributed by atoms with E-state index >= 15 is 0 Å². The molecular weight excluding hydrogens is 308 g/mol. The Morgan fingerprint density at radius 2 is 1.89 bits per heavy atom. The van der Waals surface area contributed by atoms with E-state index < -0.39 is 0 Å². The summed E-state index contributed by atoms with van der Waals surface area (Å²) in [5, 5.41) is 8.84. The molecule has 0 aliphatic carbocycles. The average Bonchev–Trinajstić information content (AvgIpc) is 2.43. The first-order valence-electron chi connectivity index (χ1n) is 5.85. The molecule has 2 rings (SSSR count). The molecule has 98 valence electrons. The van der Waals surface area contributed by atoms with Crippen LogP contribution in [0.25, 0.3) is 0 Å². The third kappa shape index (κ3) is 3.66. The van der Waals surface area contributed by atoms with Crippen LogP contribution in [0.4, 0.5) is 0 Å². The normalized spacial score (nSPS) is 10.2. The van der Waals surface area contributed by atoms with E-state index in [9.17, 15) is 4.79 Å². The van der Waals surface area contributed by atoms with E-state index in [-0.39, 0.29) is 6.61 Å². The number of carbonyl (C=O) groups excluding carboxylic acids is 1. The average molecular weight is 321 g/mol. The van der Waals surface area contributed by atoms with Crippen LogP contribution < -0.4 is 4.74 Å². The summed E-state index contributed by atoms with van der Waals surface area (Å²) in [7, 11) is 0. The summed E-state index contributed by atoms with van der Waals surface area (Å²) in [6.45, 7) is 0.127. The van der Waals surface area contributed by atoms with Crippen LogP contribution in [0.5, 0.6) is 11.5 Å². The molecule has 1 N–H and O–H groups in total. The molecule has 0 radical (unpaired) electrons. The maximum atomic E-state index is 11.0. The molecule has 0 saturated heterocycles. The summed E-state index contributed by atoms with van der Waals surface area (Å²) in [6, 6.07) is 12.7. The van der Waals surface area contributed by atoms with Crippen molar-refractivity contribution in [2.24, 2.45) is 0 Å². The van der Waals surface area contributed by atoms with Crippen molar-refractivity contribution in [1.82, 2.24) is 0 Å². The number of rotatable bonds is 5. The summed E-state index contributed by atoms with van der Waals surface area (Å²) in [6.07, 6.45) is 1.39. The molecule has 3 nitrogen and oxygen atoms in total. The van der Waals surface area contributed by atoms with Gasteiger partial charge in [-0.05, 0) is 42.3 Å². The van der Waals surface area contributed by atoms with Gasteiger partial charge in [-0.1, -0.05) is 28.1 Å². The molecule has 2 aromatic rings. The fourth-order valence-electron chi connectivity index (χ4n) is 1.68. The van der Waals surface area contributed by atoms with Crippen LogP contribution in [0.2, 0.25) is 0 Å². The standard InChI is InChI=1S/C15H13BrO3/c16-13-3-6-15(12(9-13)10-18)19-14-4-1-11(2-5-14)7-8-17/h1-6,9-10,17H,7-8H2. The van der Waals surface area contributed by atoms with Gasteiger partial charge < -0.3 is 9.84 Å². The van der Waals surface area contributed by atoms with Crippen molar-refractivity contribution < 1.29 is 14.6 Å². The van der Waals surface area contributed by atoms with E-state index in [0.717, 1.165) is 16.3 Å². The predicted molar refractivity (Wildman–Crippen MR) is 76.8 cm³/mol. The zero-order chi connectivity index (χ0) is 13.7. The molecule has 4 heteroatoms. The predicted octanol–water partition coefficient (Wildman–Crippen LogP) is 3.59. The summed E-state index contributed by atoms with van der Waals surface area (Å²) < 4.78 is 6.51. The maximum absolute atomic E-state index is 11.0. The third-order valence-corrected chi connectivity index (χ3v) is 3.14. The molecule has 19 heavy (non-hydrogen) atoms. The molecule has 0 fully saturated rings. The van der Waals surface area contributed by atoms with Crippen LogP contribution in [0.1, 0.15) is 15.9 Å². The highest BCUT2D eigenvalue weighted by atomic mass is 79.9. The smallest absolute Gasteiger partial charge is 0.153 e. The number of carbonyl (C=O) groups is 1. The first kappa shape index (κ1) is 13.8. The Kier molecular flexibility index (Phi) is 4.71. The number of aliphatic hydroxyl groups excluding tert-OH is 1. The van der Waals surface area contributed by atoms with E-state index in [0.29, 0.717) is 23.5 Å². The van der Waals surface area contributed by atoms with Gasteiger partial charge in [0, 0.05) is 11.1 Å². The lowest BCUT2D eigenvalue weighted by atomic mass is 10.1. The summed E-state index contributed by atoms with van der Waals surface area (Å²) in [4.78, 5) is 11.0. The van der Waals surface area contributed by atoms with E-state index in [2.05, 4.69) is 15.9 Å². The van der Waals surface area contributed by atoms with Gasteiger partial charge in [0.25, 0.3) is 0 Å².